The minimum atomic E-state index is -3.90. The molecule has 1 aliphatic carbocycles. The first-order valence-electron chi connectivity index (χ1n) is 14.1. The summed E-state index contributed by atoms with van der Waals surface area (Å²) in [4.78, 5) is 9.20. The third-order valence-electron chi connectivity index (χ3n) is 8.27. The van der Waals surface area contributed by atoms with E-state index in [0.717, 1.165) is 48.3 Å². The molecule has 0 amide bonds. The van der Waals surface area contributed by atoms with E-state index in [1.54, 1.807) is 32.5 Å². The zero-order valence-electron chi connectivity index (χ0n) is 25.2. The van der Waals surface area contributed by atoms with Crippen molar-refractivity contribution in [2.45, 2.75) is 51.4 Å². The molecule has 5 rings (SSSR count). The molecule has 1 saturated heterocycles. The van der Waals surface area contributed by atoms with Crippen molar-refractivity contribution in [1.29, 1.82) is 0 Å². The number of anilines is 1. The molecule has 3 aromatic rings. The van der Waals surface area contributed by atoms with Crippen LogP contribution in [0, 0.1) is 25.7 Å². The monoisotopic (exact) mass is 572 g/mol. The van der Waals surface area contributed by atoms with Crippen molar-refractivity contribution in [3.8, 4) is 11.8 Å². The van der Waals surface area contributed by atoms with Gasteiger partial charge < -0.3 is 14.5 Å². The van der Waals surface area contributed by atoms with Crippen LogP contribution in [0.1, 0.15) is 43.9 Å². The lowest BCUT2D eigenvalue weighted by Gasteiger charge is -2.36. The third kappa shape index (κ3) is 5.59. The van der Waals surface area contributed by atoms with Gasteiger partial charge >= 0.3 is 0 Å². The Labute approximate surface area is 244 Å². The summed E-state index contributed by atoms with van der Waals surface area (Å²) < 4.78 is 34.3. The Morgan fingerprint density at radius 1 is 1.07 bits per heavy atom. The number of hydrogen-bond acceptors (Lipinski definition) is 6. The maximum Gasteiger partial charge on any atom is 0.249 e. The number of aryl methyl sites for hydroxylation is 2. The lowest BCUT2D eigenvalue weighted by Crippen LogP contribution is -2.45. The van der Waals surface area contributed by atoms with Crippen molar-refractivity contribution in [2.24, 2.45) is 0 Å². The van der Waals surface area contributed by atoms with E-state index < -0.39 is 20.4 Å². The summed E-state index contributed by atoms with van der Waals surface area (Å²) in [5.41, 5.74) is 5.99. The fraction of sp³-hybridized carbons (Fsp3) is 0.424. The number of pyridine rings is 1. The van der Waals surface area contributed by atoms with Gasteiger partial charge in [0.2, 0.25) is 10.0 Å². The summed E-state index contributed by atoms with van der Waals surface area (Å²) in [6.45, 7) is 13.9. The summed E-state index contributed by atoms with van der Waals surface area (Å²) in [6, 6.07) is 9.83. The van der Waals surface area contributed by atoms with Crippen LogP contribution in [0.4, 0.5) is 5.69 Å². The predicted molar refractivity (Wildman–Crippen MR) is 168 cm³/mol. The lowest BCUT2D eigenvalue weighted by molar-refractivity contribution is 0.0741. The molecule has 8 heteroatoms. The van der Waals surface area contributed by atoms with Crippen molar-refractivity contribution in [1.82, 2.24) is 13.9 Å². The minimum Gasteiger partial charge on any atom is -0.369 e. The Kier molecular flexibility index (Phi) is 7.66. The summed E-state index contributed by atoms with van der Waals surface area (Å²) in [6.07, 6.45) is 7.40. The SMILES string of the molecule is COC(C)(C)C#CC1=CC(c2cc(C)c(N3CCN(C)CC3)c(C)c2)=CC(C)(S(=O)(=O)n2ccc3cccnc32)C1. The van der Waals surface area contributed by atoms with Gasteiger partial charge in [0.1, 0.15) is 10.3 Å². The Balaban J connectivity index is 1.62. The Hall–Kier alpha value is -3.38. The van der Waals surface area contributed by atoms with Crippen LogP contribution < -0.4 is 4.90 Å². The molecule has 3 heterocycles. The zero-order chi connectivity index (χ0) is 29.6. The second kappa shape index (κ2) is 10.8. The van der Waals surface area contributed by atoms with Crippen LogP contribution in [0.2, 0.25) is 0 Å². The fourth-order valence-electron chi connectivity index (χ4n) is 5.75. The molecule has 0 saturated carbocycles. The number of ether oxygens (including phenoxy) is 1. The molecule has 1 fully saturated rings. The molecule has 7 nitrogen and oxygen atoms in total. The molecule has 0 bridgehead atoms. The molecule has 0 radical (unpaired) electrons. The van der Waals surface area contributed by atoms with Gasteiger partial charge in [-0.25, -0.2) is 17.4 Å². The van der Waals surface area contributed by atoms with E-state index in [-0.39, 0.29) is 6.42 Å². The van der Waals surface area contributed by atoms with Gasteiger partial charge in [-0.1, -0.05) is 17.9 Å². The average molecular weight is 573 g/mol. The number of fused-ring (bicyclic) bond motifs is 1. The second-order valence-electron chi connectivity index (χ2n) is 12.0. The number of piperazine rings is 1. The molecule has 1 atom stereocenters. The molecular weight excluding hydrogens is 532 g/mol. The number of likely N-dealkylation sites (N-methyl/N-ethyl adjacent to an activating group) is 1. The normalized spacial score (nSPS) is 20.4. The number of allylic oxidation sites excluding steroid dienone is 3. The molecule has 1 aliphatic heterocycles. The first-order valence-corrected chi connectivity index (χ1v) is 15.5. The largest absolute Gasteiger partial charge is 0.369 e. The van der Waals surface area contributed by atoms with Crippen LogP contribution in [-0.2, 0) is 14.8 Å². The van der Waals surface area contributed by atoms with Crippen molar-refractivity contribution < 1.29 is 13.2 Å². The van der Waals surface area contributed by atoms with Crippen LogP contribution in [-0.4, -0.2) is 73.0 Å². The number of methoxy groups -OCH3 is 1. The van der Waals surface area contributed by atoms with Gasteiger partial charge in [0, 0.05) is 68.8 Å². The quantitative estimate of drug-likeness (QED) is 0.393. The van der Waals surface area contributed by atoms with E-state index in [1.807, 2.05) is 38.1 Å². The Bertz CT molecular complexity index is 1690. The van der Waals surface area contributed by atoms with Crippen LogP contribution >= 0.6 is 0 Å². The molecule has 2 aliphatic rings. The van der Waals surface area contributed by atoms with E-state index in [4.69, 9.17) is 4.74 Å². The van der Waals surface area contributed by atoms with Gasteiger partial charge in [0.15, 0.2) is 5.65 Å². The van der Waals surface area contributed by atoms with Crippen LogP contribution in [0.3, 0.4) is 0 Å². The second-order valence-corrected chi connectivity index (χ2v) is 14.3. The van der Waals surface area contributed by atoms with E-state index in [2.05, 4.69) is 59.7 Å². The summed E-state index contributed by atoms with van der Waals surface area (Å²) in [5.74, 6) is 6.45. The van der Waals surface area contributed by atoms with Gasteiger partial charge in [0.25, 0.3) is 0 Å². The van der Waals surface area contributed by atoms with Crippen LogP contribution in [0.15, 0.2) is 60.5 Å². The molecular formula is C33H40N4O3S. The smallest absolute Gasteiger partial charge is 0.249 e. The van der Waals surface area contributed by atoms with Crippen molar-refractivity contribution in [3.05, 3.63) is 77.1 Å². The molecule has 0 N–H and O–H groups in total. The summed E-state index contributed by atoms with van der Waals surface area (Å²) in [7, 11) is -0.117. The predicted octanol–water partition coefficient (Wildman–Crippen LogP) is 5.18. The maximum atomic E-state index is 14.4. The molecule has 2 aromatic heterocycles. The highest BCUT2D eigenvalue weighted by Crippen LogP contribution is 2.40. The highest BCUT2D eigenvalue weighted by molar-refractivity contribution is 7.91. The van der Waals surface area contributed by atoms with Crippen molar-refractivity contribution in [3.63, 3.8) is 0 Å². The standard InChI is InChI=1S/C33H40N4O3S/c1-24-19-28(20-25(2)30(24)36-17-15-35(6)16-18-36)29-21-26(10-12-32(3,4)40-7)22-33(5,23-29)41(38,39)37-14-11-27-9-8-13-34-31(27)37/h8-9,11,13-14,19-21,23H,15-18,22H2,1-7H3. The maximum absolute atomic E-state index is 14.4. The average Bonchev–Trinajstić information content (AvgIpc) is 3.37. The van der Waals surface area contributed by atoms with Gasteiger partial charge in [0.05, 0.1) is 0 Å². The highest BCUT2D eigenvalue weighted by atomic mass is 32.2. The lowest BCUT2D eigenvalue weighted by atomic mass is 9.86. The molecule has 41 heavy (non-hydrogen) atoms. The van der Waals surface area contributed by atoms with Crippen LogP contribution in [0.25, 0.3) is 16.6 Å². The molecule has 216 valence electrons. The van der Waals surface area contributed by atoms with Gasteiger partial charge in [-0.2, -0.15) is 0 Å². The topological polar surface area (TPSA) is 67.7 Å². The van der Waals surface area contributed by atoms with E-state index in [0.29, 0.717) is 5.65 Å². The summed E-state index contributed by atoms with van der Waals surface area (Å²) >= 11 is 0. The van der Waals surface area contributed by atoms with Crippen molar-refractivity contribution in [2.75, 3.05) is 45.2 Å². The first kappa shape index (κ1) is 29.1. The van der Waals surface area contributed by atoms with Crippen molar-refractivity contribution >= 4 is 32.3 Å². The fourth-order valence-corrected chi connectivity index (χ4v) is 7.41. The molecule has 1 aromatic carbocycles. The third-order valence-corrected chi connectivity index (χ3v) is 10.5. The van der Waals surface area contributed by atoms with E-state index >= 15 is 0 Å². The zero-order valence-corrected chi connectivity index (χ0v) is 26.0. The number of hydrogen-bond donors (Lipinski definition) is 0. The highest BCUT2D eigenvalue weighted by Gasteiger charge is 2.42. The number of aromatic nitrogens is 2. The Morgan fingerprint density at radius 3 is 2.41 bits per heavy atom. The molecule has 1 unspecified atom stereocenters. The number of benzene rings is 1. The molecule has 0 spiro atoms. The van der Waals surface area contributed by atoms with Crippen LogP contribution in [0.5, 0.6) is 0 Å². The number of nitrogens with zero attached hydrogens (tertiary/aromatic N) is 4. The number of rotatable bonds is 5. The van der Waals surface area contributed by atoms with Gasteiger partial charge in [-0.15, -0.1) is 0 Å². The van der Waals surface area contributed by atoms with Gasteiger partial charge in [-0.05, 0) is 100 Å². The Morgan fingerprint density at radius 2 is 1.76 bits per heavy atom. The van der Waals surface area contributed by atoms with Gasteiger partial charge in [-0.3, -0.25) is 0 Å². The van der Waals surface area contributed by atoms with E-state index in [9.17, 15) is 8.42 Å². The first-order chi connectivity index (χ1) is 19.3. The summed E-state index contributed by atoms with van der Waals surface area (Å²) in [5, 5.41) is 0.780. The minimum absolute atomic E-state index is 0.246. The van der Waals surface area contributed by atoms with E-state index in [1.165, 1.54) is 20.8 Å².